The van der Waals surface area contributed by atoms with Crippen molar-refractivity contribution in [3.05, 3.63) is 59.9 Å². The summed E-state index contributed by atoms with van der Waals surface area (Å²) in [5, 5.41) is 3.96. The number of nitrogen functional groups attached to an aromatic ring is 1. The first-order valence-corrected chi connectivity index (χ1v) is 13.6. The summed E-state index contributed by atoms with van der Waals surface area (Å²) in [7, 11) is 0. The van der Waals surface area contributed by atoms with Gasteiger partial charge >= 0.3 is 6.03 Å². The molecule has 0 radical (unpaired) electrons. The molecular weight excluding hydrogens is 496 g/mol. The van der Waals surface area contributed by atoms with Crippen molar-refractivity contribution in [2.24, 2.45) is 0 Å². The van der Waals surface area contributed by atoms with Gasteiger partial charge in [-0.2, -0.15) is 0 Å². The Morgan fingerprint density at radius 1 is 1.08 bits per heavy atom. The first kappa shape index (κ1) is 26.7. The smallest absolute Gasteiger partial charge is 0.317 e. The summed E-state index contributed by atoms with van der Waals surface area (Å²) in [6, 6.07) is 15.9. The number of pyridine rings is 1. The zero-order valence-electron chi connectivity index (χ0n) is 22.4. The molecule has 1 saturated heterocycles. The third-order valence-electron chi connectivity index (χ3n) is 6.82. The second-order valence-corrected chi connectivity index (χ2v) is 9.50. The third-order valence-corrected chi connectivity index (χ3v) is 6.82. The zero-order valence-corrected chi connectivity index (χ0v) is 22.4. The molecule has 1 aliphatic heterocycles. The van der Waals surface area contributed by atoms with Gasteiger partial charge in [-0.1, -0.05) is 30.3 Å². The van der Waals surface area contributed by atoms with Gasteiger partial charge in [0.15, 0.2) is 5.82 Å². The number of carbonyl (C=O) groups is 1. The van der Waals surface area contributed by atoms with E-state index in [0.717, 1.165) is 46.4 Å². The molecule has 0 aliphatic carbocycles. The normalized spacial score (nSPS) is 13.7. The van der Waals surface area contributed by atoms with Crippen LogP contribution in [-0.2, 0) is 29.2 Å². The summed E-state index contributed by atoms with van der Waals surface area (Å²) in [6.45, 7) is 7.16. The van der Waals surface area contributed by atoms with Gasteiger partial charge in [0.1, 0.15) is 30.3 Å². The van der Waals surface area contributed by atoms with E-state index in [1.54, 1.807) is 4.90 Å². The Hall–Kier alpha value is -3.89. The van der Waals surface area contributed by atoms with E-state index in [1.807, 2.05) is 55.5 Å². The molecule has 0 bridgehead atoms. The summed E-state index contributed by atoms with van der Waals surface area (Å²) in [4.78, 5) is 23.6. The number of aromatic nitrogens is 3. The number of rotatable bonds is 11. The van der Waals surface area contributed by atoms with Crippen molar-refractivity contribution < 1.29 is 19.0 Å². The topological polar surface area (TPSA) is 117 Å². The highest BCUT2D eigenvalue weighted by Crippen LogP contribution is 2.32. The maximum Gasteiger partial charge on any atom is 0.317 e. The van der Waals surface area contributed by atoms with Crippen molar-refractivity contribution in [1.82, 2.24) is 24.8 Å². The Labute approximate surface area is 228 Å². The van der Waals surface area contributed by atoms with Crippen LogP contribution in [0, 0.1) is 0 Å². The molecule has 1 fully saturated rings. The van der Waals surface area contributed by atoms with Gasteiger partial charge in [0.2, 0.25) is 0 Å². The molecule has 10 nitrogen and oxygen atoms in total. The molecule has 0 atom stereocenters. The molecule has 0 saturated carbocycles. The molecular formula is C29H36N6O4. The van der Waals surface area contributed by atoms with E-state index in [0.29, 0.717) is 70.5 Å². The van der Waals surface area contributed by atoms with Crippen LogP contribution in [0.3, 0.4) is 0 Å². The van der Waals surface area contributed by atoms with Gasteiger partial charge in [-0.25, -0.2) is 14.8 Å². The highest BCUT2D eigenvalue weighted by Gasteiger charge is 2.19. The Balaban J connectivity index is 1.35. The van der Waals surface area contributed by atoms with Crippen molar-refractivity contribution in [3.8, 4) is 5.75 Å². The number of fused-ring (bicyclic) bond motifs is 3. The van der Waals surface area contributed by atoms with Crippen molar-refractivity contribution in [1.29, 1.82) is 0 Å². The number of nitrogens with zero attached hydrogens (tertiary/aromatic N) is 4. The Morgan fingerprint density at radius 3 is 2.69 bits per heavy atom. The van der Waals surface area contributed by atoms with Gasteiger partial charge in [0.25, 0.3) is 0 Å². The SMILES string of the molecule is CCOCc1nc2c(N)nc3ccc(OCc4ccccc4)cc3c2n1CCCCNC(=O)N1CCOCC1. The Bertz CT molecular complexity index is 1400. The van der Waals surface area contributed by atoms with E-state index in [9.17, 15) is 4.79 Å². The number of urea groups is 1. The van der Waals surface area contributed by atoms with Crippen LogP contribution in [-0.4, -0.2) is 64.9 Å². The first-order chi connectivity index (χ1) is 19.1. The number of carbonyl (C=O) groups excluding carboxylic acids is 1. The number of nitrogens with two attached hydrogens (primary N) is 1. The number of ether oxygens (including phenoxy) is 3. The fourth-order valence-corrected chi connectivity index (χ4v) is 4.78. The monoisotopic (exact) mass is 532 g/mol. The Kier molecular flexibility index (Phi) is 8.75. The van der Waals surface area contributed by atoms with Gasteiger partial charge in [-0.05, 0) is 43.5 Å². The number of unbranched alkanes of at least 4 members (excludes halogenated alkanes) is 1. The lowest BCUT2D eigenvalue weighted by molar-refractivity contribution is 0.0532. The maximum atomic E-state index is 12.4. The van der Waals surface area contributed by atoms with Crippen molar-refractivity contribution in [2.75, 3.05) is 45.2 Å². The van der Waals surface area contributed by atoms with Crippen LogP contribution in [0.25, 0.3) is 21.9 Å². The van der Waals surface area contributed by atoms with Crippen LogP contribution in [0.1, 0.15) is 31.2 Å². The van der Waals surface area contributed by atoms with Crippen LogP contribution < -0.4 is 15.8 Å². The fraction of sp³-hybridized carbons (Fsp3) is 0.414. The van der Waals surface area contributed by atoms with E-state index in [1.165, 1.54) is 0 Å². The third kappa shape index (κ3) is 6.40. The predicted molar refractivity (Wildman–Crippen MR) is 151 cm³/mol. The van der Waals surface area contributed by atoms with Gasteiger partial charge in [0.05, 0.1) is 24.2 Å². The quantitative estimate of drug-likeness (QED) is 0.279. The second-order valence-electron chi connectivity index (χ2n) is 9.50. The Morgan fingerprint density at radius 2 is 1.90 bits per heavy atom. The number of nitrogens with one attached hydrogen (secondary N) is 1. The number of morpholine rings is 1. The van der Waals surface area contributed by atoms with E-state index < -0.39 is 0 Å². The molecule has 2 aromatic heterocycles. The van der Waals surface area contributed by atoms with E-state index in [2.05, 4.69) is 14.9 Å². The molecule has 3 heterocycles. The highest BCUT2D eigenvalue weighted by atomic mass is 16.5. The van der Waals surface area contributed by atoms with Crippen LogP contribution in [0.4, 0.5) is 10.6 Å². The number of hydrogen-bond donors (Lipinski definition) is 2. The minimum atomic E-state index is -0.0312. The molecule has 5 rings (SSSR count). The average Bonchev–Trinajstić information content (AvgIpc) is 3.35. The van der Waals surface area contributed by atoms with Gasteiger partial charge in [-0.15, -0.1) is 0 Å². The van der Waals surface area contributed by atoms with E-state index in [4.69, 9.17) is 24.9 Å². The lowest BCUT2D eigenvalue weighted by Gasteiger charge is -2.26. The number of hydrogen-bond acceptors (Lipinski definition) is 7. The molecule has 1 aliphatic rings. The fourth-order valence-electron chi connectivity index (χ4n) is 4.78. The van der Waals surface area contributed by atoms with Crippen molar-refractivity contribution in [3.63, 3.8) is 0 Å². The summed E-state index contributed by atoms with van der Waals surface area (Å²) in [5.74, 6) is 1.95. The zero-order chi connectivity index (χ0) is 27.0. The molecule has 0 spiro atoms. The van der Waals surface area contributed by atoms with Crippen molar-refractivity contribution in [2.45, 2.75) is 39.5 Å². The molecule has 0 unspecified atom stereocenters. The van der Waals surface area contributed by atoms with Gasteiger partial charge in [-0.3, -0.25) is 0 Å². The predicted octanol–water partition coefficient (Wildman–Crippen LogP) is 4.10. The lowest BCUT2D eigenvalue weighted by Crippen LogP contribution is -2.46. The van der Waals surface area contributed by atoms with Crippen LogP contribution >= 0.6 is 0 Å². The number of benzene rings is 2. The molecule has 3 N–H and O–H groups in total. The summed E-state index contributed by atoms with van der Waals surface area (Å²) in [6.07, 6.45) is 1.68. The molecule has 206 valence electrons. The summed E-state index contributed by atoms with van der Waals surface area (Å²) in [5.41, 5.74) is 9.84. The molecule has 2 amide bonds. The van der Waals surface area contributed by atoms with Crippen molar-refractivity contribution >= 4 is 33.8 Å². The lowest BCUT2D eigenvalue weighted by atomic mass is 10.1. The van der Waals surface area contributed by atoms with E-state index >= 15 is 0 Å². The molecule has 39 heavy (non-hydrogen) atoms. The highest BCUT2D eigenvalue weighted by molar-refractivity contribution is 6.07. The van der Waals surface area contributed by atoms with E-state index in [-0.39, 0.29) is 6.03 Å². The average molecular weight is 533 g/mol. The summed E-state index contributed by atoms with van der Waals surface area (Å²) >= 11 is 0. The minimum absolute atomic E-state index is 0.0312. The van der Waals surface area contributed by atoms with Gasteiger partial charge < -0.3 is 34.7 Å². The van der Waals surface area contributed by atoms with Crippen LogP contribution in [0.15, 0.2) is 48.5 Å². The first-order valence-electron chi connectivity index (χ1n) is 13.6. The van der Waals surface area contributed by atoms with Crippen LogP contribution in [0.5, 0.6) is 5.75 Å². The number of aryl methyl sites for hydroxylation is 1. The number of anilines is 1. The standard InChI is InChI=1S/C29H36N6O4/c1-2-37-20-25-33-26-27(35(25)13-7-6-12-31-29(36)34-14-16-38-17-15-34)23-18-22(10-11-24(23)32-28(26)30)39-19-21-8-4-3-5-9-21/h3-5,8-11,18H,2,6-7,12-17,19-20H2,1H3,(H2,30,32)(H,31,36). The second kappa shape index (κ2) is 12.8. The number of amides is 2. The number of imidazole rings is 1. The largest absolute Gasteiger partial charge is 0.489 e. The maximum absolute atomic E-state index is 12.4. The molecule has 2 aromatic carbocycles. The van der Waals surface area contributed by atoms with Crippen LogP contribution in [0.2, 0.25) is 0 Å². The minimum Gasteiger partial charge on any atom is -0.489 e. The van der Waals surface area contributed by atoms with Gasteiger partial charge in [0, 0.05) is 38.2 Å². The molecule has 10 heteroatoms. The molecule has 4 aromatic rings. The summed E-state index contributed by atoms with van der Waals surface area (Å²) < 4.78 is 19.4.